The molecular formula is C36H33NO6S. The van der Waals surface area contributed by atoms with Crippen LogP contribution in [0.25, 0.3) is 0 Å². The van der Waals surface area contributed by atoms with E-state index >= 15 is 0 Å². The molecule has 4 aromatic carbocycles. The van der Waals surface area contributed by atoms with E-state index in [0.29, 0.717) is 11.3 Å². The van der Waals surface area contributed by atoms with Gasteiger partial charge in [-0.15, -0.1) is 0 Å². The predicted octanol–water partition coefficient (Wildman–Crippen LogP) is 7.08. The zero-order valence-electron chi connectivity index (χ0n) is 24.3. The van der Waals surface area contributed by atoms with Crippen molar-refractivity contribution >= 4 is 27.6 Å². The lowest BCUT2D eigenvalue weighted by Gasteiger charge is -2.40. The minimum absolute atomic E-state index is 0.106. The van der Waals surface area contributed by atoms with Gasteiger partial charge in [0.1, 0.15) is 5.76 Å². The number of carbonyl (C=O) groups excluding carboxylic acids is 2. The van der Waals surface area contributed by atoms with E-state index in [1.807, 2.05) is 66.7 Å². The van der Waals surface area contributed by atoms with Gasteiger partial charge in [-0.05, 0) is 48.6 Å². The molecule has 1 N–H and O–H groups in total. The number of esters is 2. The molecule has 1 saturated carbocycles. The molecule has 1 unspecified atom stereocenters. The fourth-order valence-corrected chi connectivity index (χ4v) is 6.97. The number of rotatable bonds is 10. The summed E-state index contributed by atoms with van der Waals surface area (Å²) in [6.07, 6.45) is 2.02. The highest BCUT2D eigenvalue weighted by Crippen LogP contribution is 2.53. The van der Waals surface area contributed by atoms with E-state index in [4.69, 9.17) is 9.47 Å². The topological polar surface area (TPSA) is 98.8 Å². The minimum Gasteiger partial charge on any atom is -0.445 e. The number of benzene rings is 4. The highest BCUT2D eigenvalue weighted by molar-refractivity contribution is 7.92. The van der Waals surface area contributed by atoms with Gasteiger partial charge in [-0.3, -0.25) is 9.52 Å². The molecule has 8 heteroatoms. The first-order valence-corrected chi connectivity index (χ1v) is 16.2. The Morgan fingerprint density at radius 1 is 0.886 bits per heavy atom. The number of cyclic esters (lactones) is 1. The number of carbonyl (C=O) groups is 2. The van der Waals surface area contributed by atoms with Crippen LogP contribution >= 0.6 is 0 Å². The summed E-state index contributed by atoms with van der Waals surface area (Å²) in [7, 11) is -3.83. The highest BCUT2D eigenvalue weighted by Gasteiger charge is 2.50. The molecule has 7 nitrogen and oxygen atoms in total. The zero-order chi connectivity index (χ0) is 30.7. The van der Waals surface area contributed by atoms with Crippen LogP contribution in [0, 0.1) is 5.92 Å². The Morgan fingerprint density at radius 3 is 2.05 bits per heavy atom. The highest BCUT2D eigenvalue weighted by atomic mass is 32.2. The Labute approximate surface area is 257 Å². The van der Waals surface area contributed by atoms with Crippen LogP contribution in [0.15, 0.2) is 131 Å². The Morgan fingerprint density at radius 2 is 1.48 bits per heavy atom. The molecule has 0 saturated heterocycles. The number of hydrogen-bond acceptors (Lipinski definition) is 6. The summed E-state index contributed by atoms with van der Waals surface area (Å²) in [5.74, 6) is -1.06. The molecule has 0 bridgehead atoms. The summed E-state index contributed by atoms with van der Waals surface area (Å²) >= 11 is 0. The third kappa shape index (κ3) is 5.90. The maximum Gasteiger partial charge on any atom is 0.339 e. The number of ether oxygens (including phenoxy) is 2. The molecule has 0 spiro atoms. The average molecular weight is 608 g/mol. The maximum absolute atomic E-state index is 14.3. The van der Waals surface area contributed by atoms with Gasteiger partial charge < -0.3 is 9.47 Å². The first kappa shape index (κ1) is 29.4. The van der Waals surface area contributed by atoms with Crippen molar-refractivity contribution in [2.45, 2.75) is 49.0 Å². The number of sulfonamides is 1. The van der Waals surface area contributed by atoms with Crippen LogP contribution in [0.4, 0.5) is 5.69 Å². The fourth-order valence-electron chi connectivity index (χ4n) is 5.90. The van der Waals surface area contributed by atoms with Gasteiger partial charge in [-0.2, -0.15) is 0 Å². The van der Waals surface area contributed by atoms with Gasteiger partial charge in [0.25, 0.3) is 10.0 Å². The van der Waals surface area contributed by atoms with E-state index in [9.17, 15) is 18.0 Å². The van der Waals surface area contributed by atoms with Gasteiger partial charge in [0, 0.05) is 29.2 Å². The number of nitrogens with one attached hydrogen (secondary N) is 1. The second-order valence-corrected chi connectivity index (χ2v) is 12.8. The largest absolute Gasteiger partial charge is 0.445 e. The average Bonchev–Trinajstić information content (AvgIpc) is 3.89. The molecule has 0 radical (unpaired) electrons. The third-order valence-electron chi connectivity index (χ3n) is 8.16. The summed E-state index contributed by atoms with van der Waals surface area (Å²) in [4.78, 5) is 27.3. The molecule has 2 aliphatic rings. The van der Waals surface area contributed by atoms with Gasteiger partial charge in [0.15, 0.2) is 5.60 Å². The molecule has 6 rings (SSSR count). The van der Waals surface area contributed by atoms with E-state index in [2.05, 4.69) is 4.72 Å². The Kier molecular flexibility index (Phi) is 8.10. The van der Waals surface area contributed by atoms with Crippen LogP contribution in [0.3, 0.4) is 0 Å². The molecule has 1 aliphatic carbocycles. The minimum atomic E-state index is -3.83. The van der Waals surface area contributed by atoms with Crippen molar-refractivity contribution in [3.05, 3.63) is 143 Å². The summed E-state index contributed by atoms with van der Waals surface area (Å²) in [6.45, 7) is 1.71. The number of hydrogen-bond donors (Lipinski definition) is 1. The van der Waals surface area contributed by atoms with Crippen molar-refractivity contribution in [2.75, 3.05) is 4.72 Å². The van der Waals surface area contributed by atoms with Crippen molar-refractivity contribution in [3.8, 4) is 0 Å². The van der Waals surface area contributed by atoms with Crippen LogP contribution < -0.4 is 4.72 Å². The first-order valence-electron chi connectivity index (χ1n) is 14.8. The van der Waals surface area contributed by atoms with Crippen molar-refractivity contribution in [3.63, 3.8) is 0 Å². The molecule has 44 heavy (non-hydrogen) atoms. The second-order valence-electron chi connectivity index (χ2n) is 11.1. The van der Waals surface area contributed by atoms with E-state index < -0.39 is 33.5 Å². The smallest absolute Gasteiger partial charge is 0.339 e. The SMILES string of the molecule is CCC(=O)OC1=C(C(c2cccc(NS(=O)(=O)c3ccccc3)c2)C2CC2)C(=O)OC(c2ccccc2)(c2ccccc2)C1. The summed E-state index contributed by atoms with van der Waals surface area (Å²) in [6, 6.07) is 34.2. The predicted molar refractivity (Wildman–Crippen MR) is 167 cm³/mol. The third-order valence-corrected chi connectivity index (χ3v) is 9.56. The molecule has 4 aromatic rings. The van der Waals surface area contributed by atoms with Crippen molar-refractivity contribution < 1.29 is 27.5 Å². The van der Waals surface area contributed by atoms with E-state index in [0.717, 1.165) is 29.5 Å². The van der Waals surface area contributed by atoms with E-state index in [1.54, 1.807) is 43.3 Å². The standard InChI is InChI=1S/C36H33NO6S/c1-2-32(38)42-31-24-36(27-14-6-3-7-15-27,28-16-8-4-9-17-28)43-35(39)34(31)33(25-21-22-25)26-13-12-18-29(23-26)37-44(40,41)30-19-10-5-11-20-30/h3-20,23,25,33,37H,2,21-22,24H2,1H3. The normalized spacial score (nSPS) is 17.0. The van der Waals surface area contributed by atoms with Crippen LogP contribution in [-0.2, 0) is 34.7 Å². The zero-order valence-corrected chi connectivity index (χ0v) is 25.1. The van der Waals surface area contributed by atoms with Crippen molar-refractivity contribution in [1.82, 2.24) is 0 Å². The van der Waals surface area contributed by atoms with Crippen LogP contribution in [-0.4, -0.2) is 20.4 Å². The van der Waals surface area contributed by atoms with Gasteiger partial charge >= 0.3 is 11.9 Å². The maximum atomic E-state index is 14.3. The van der Waals surface area contributed by atoms with Crippen LogP contribution in [0.1, 0.15) is 55.2 Å². The second kappa shape index (κ2) is 12.1. The molecule has 0 aromatic heterocycles. The van der Waals surface area contributed by atoms with E-state index in [1.165, 1.54) is 12.1 Å². The monoisotopic (exact) mass is 607 g/mol. The Balaban J connectivity index is 1.45. The van der Waals surface area contributed by atoms with Crippen molar-refractivity contribution in [1.29, 1.82) is 0 Å². The molecule has 1 atom stereocenters. The van der Waals surface area contributed by atoms with Crippen LogP contribution in [0.5, 0.6) is 0 Å². The molecule has 1 heterocycles. The lowest BCUT2D eigenvalue weighted by Crippen LogP contribution is -2.41. The van der Waals surface area contributed by atoms with E-state index in [-0.39, 0.29) is 29.4 Å². The van der Waals surface area contributed by atoms with Gasteiger partial charge in [-0.25, -0.2) is 13.2 Å². The quantitative estimate of drug-likeness (QED) is 0.194. The van der Waals surface area contributed by atoms with Gasteiger partial charge in [0.2, 0.25) is 0 Å². The summed E-state index contributed by atoms with van der Waals surface area (Å²) in [5.41, 5.74) is 1.75. The van der Waals surface area contributed by atoms with Crippen LogP contribution in [0.2, 0.25) is 0 Å². The Hall–Kier alpha value is -4.69. The lowest BCUT2D eigenvalue weighted by atomic mass is 9.77. The van der Waals surface area contributed by atoms with Crippen molar-refractivity contribution in [2.24, 2.45) is 5.92 Å². The van der Waals surface area contributed by atoms with Gasteiger partial charge in [-0.1, -0.05) is 97.9 Å². The fraction of sp³-hybridized carbons (Fsp3) is 0.222. The molecular weight excluding hydrogens is 574 g/mol. The Bertz CT molecular complexity index is 1760. The molecule has 1 aliphatic heterocycles. The van der Waals surface area contributed by atoms with Gasteiger partial charge in [0.05, 0.1) is 16.9 Å². The molecule has 1 fully saturated rings. The molecule has 0 amide bonds. The summed E-state index contributed by atoms with van der Waals surface area (Å²) in [5, 5.41) is 0. The lowest BCUT2D eigenvalue weighted by molar-refractivity contribution is -0.158. The molecule has 224 valence electrons. The number of anilines is 1. The first-order chi connectivity index (χ1) is 21.3. The summed E-state index contributed by atoms with van der Waals surface area (Å²) < 4.78 is 41.3.